The molecule has 1 aliphatic rings. The first kappa shape index (κ1) is 17.3. The first-order valence-corrected chi connectivity index (χ1v) is 8.49. The first-order chi connectivity index (χ1) is 9.72. The fraction of sp³-hybridized carbons (Fsp3) is 0.938. The molecule has 1 rings (SSSR count). The third kappa shape index (κ3) is 8.41. The standard InChI is InChI=1S/C16H34N4/c1-4-17-16(19-15(2)3)18-11-7-5-8-12-20-13-9-6-10-14-20/h15H,4-14H2,1-3H3,(H2,17,18,19). The number of nitrogens with zero attached hydrogens (tertiary/aromatic N) is 2. The third-order valence-electron chi connectivity index (χ3n) is 3.62. The molecule has 0 aliphatic carbocycles. The molecule has 0 aromatic heterocycles. The Morgan fingerprint density at radius 1 is 1.10 bits per heavy atom. The highest BCUT2D eigenvalue weighted by Crippen LogP contribution is 2.09. The molecule has 118 valence electrons. The van der Waals surface area contributed by atoms with Crippen molar-refractivity contribution in [3.05, 3.63) is 0 Å². The summed E-state index contributed by atoms with van der Waals surface area (Å²) in [5, 5.41) is 6.64. The lowest BCUT2D eigenvalue weighted by atomic mass is 10.1. The van der Waals surface area contributed by atoms with Gasteiger partial charge in [0.2, 0.25) is 0 Å². The zero-order chi connectivity index (χ0) is 14.6. The van der Waals surface area contributed by atoms with Gasteiger partial charge < -0.3 is 15.5 Å². The third-order valence-corrected chi connectivity index (χ3v) is 3.62. The molecule has 0 radical (unpaired) electrons. The maximum absolute atomic E-state index is 4.62. The van der Waals surface area contributed by atoms with E-state index in [1.165, 1.54) is 58.2 Å². The zero-order valence-corrected chi connectivity index (χ0v) is 13.7. The average Bonchev–Trinajstić information content (AvgIpc) is 2.43. The number of nitrogens with one attached hydrogen (secondary N) is 2. The molecular formula is C16H34N4. The largest absolute Gasteiger partial charge is 0.357 e. The normalized spacial score (nSPS) is 17.5. The Kier molecular flexibility index (Phi) is 9.46. The molecule has 0 bridgehead atoms. The van der Waals surface area contributed by atoms with Gasteiger partial charge in [-0.05, 0) is 66.1 Å². The van der Waals surface area contributed by atoms with E-state index >= 15 is 0 Å². The Morgan fingerprint density at radius 3 is 2.50 bits per heavy atom. The number of unbranched alkanes of at least 4 members (excludes halogenated alkanes) is 2. The molecule has 0 atom stereocenters. The van der Waals surface area contributed by atoms with Crippen LogP contribution in [0.15, 0.2) is 4.99 Å². The molecule has 1 heterocycles. The summed E-state index contributed by atoms with van der Waals surface area (Å²) in [6, 6.07) is 0.437. The molecule has 1 aliphatic heterocycles. The van der Waals surface area contributed by atoms with E-state index in [-0.39, 0.29) is 0 Å². The van der Waals surface area contributed by atoms with Crippen molar-refractivity contribution in [2.24, 2.45) is 4.99 Å². The molecule has 0 saturated carbocycles. The number of likely N-dealkylation sites (tertiary alicyclic amines) is 1. The molecule has 2 N–H and O–H groups in total. The van der Waals surface area contributed by atoms with Gasteiger partial charge in [-0.3, -0.25) is 4.99 Å². The quantitative estimate of drug-likeness (QED) is 0.408. The molecule has 0 unspecified atom stereocenters. The van der Waals surface area contributed by atoms with Crippen LogP contribution in [0.1, 0.15) is 59.3 Å². The van der Waals surface area contributed by atoms with E-state index in [9.17, 15) is 0 Å². The SMILES string of the molecule is CCNC(=NCCCCCN1CCCCC1)NC(C)C. The first-order valence-electron chi connectivity index (χ1n) is 8.49. The molecule has 1 saturated heterocycles. The monoisotopic (exact) mass is 282 g/mol. The summed E-state index contributed by atoms with van der Waals surface area (Å²) in [7, 11) is 0. The van der Waals surface area contributed by atoms with E-state index in [4.69, 9.17) is 0 Å². The maximum Gasteiger partial charge on any atom is 0.191 e. The van der Waals surface area contributed by atoms with E-state index in [1.54, 1.807) is 0 Å². The summed E-state index contributed by atoms with van der Waals surface area (Å²) in [5.74, 6) is 0.957. The van der Waals surface area contributed by atoms with Gasteiger partial charge in [0.25, 0.3) is 0 Å². The van der Waals surface area contributed by atoms with Gasteiger partial charge in [-0.1, -0.05) is 12.8 Å². The van der Waals surface area contributed by atoms with Gasteiger partial charge in [0, 0.05) is 19.1 Å². The molecule has 4 nitrogen and oxygen atoms in total. The van der Waals surface area contributed by atoms with Crippen molar-refractivity contribution in [1.82, 2.24) is 15.5 Å². The Hall–Kier alpha value is -0.770. The van der Waals surface area contributed by atoms with Crippen molar-refractivity contribution in [3.63, 3.8) is 0 Å². The molecule has 0 spiro atoms. The topological polar surface area (TPSA) is 39.7 Å². The molecular weight excluding hydrogens is 248 g/mol. The van der Waals surface area contributed by atoms with Gasteiger partial charge in [-0.25, -0.2) is 0 Å². The van der Waals surface area contributed by atoms with Gasteiger partial charge in [0.1, 0.15) is 0 Å². The van der Waals surface area contributed by atoms with Gasteiger partial charge in [0.05, 0.1) is 0 Å². The van der Waals surface area contributed by atoms with Gasteiger partial charge in [-0.15, -0.1) is 0 Å². The minimum Gasteiger partial charge on any atom is -0.357 e. The Bertz CT molecular complexity index is 257. The van der Waals surface area contributed by atoms with Crippen molar-refractivity contribution in [2.75, 3.05) is 32.7 Å². The predicted octanol–water partition coefficient (Wildman–Crippen LogP) is 2.61. The fourth-order valence-corrected chi connectivity index (χ4v) is 2.59. The second kappa shape index (κ2) is 11.0. The van der Waals surface area contributed by atoms with Crippen LogP contribution < -0.4 is 10.6 Å². The number of guanidine groups is 1. The van der Waals surface area contributed by atoms with Crippen molar-refractivity contribution in [2.45, 2.75) is 65.3 Å². The number of piperidine rings is 1. The van der Waals surface area contributed by atoms with E-state index in [1.807, 2.05) is 0 Å². The smallest absolute Gasteiger partial charge is 0.191 e. The summed E-state index contributed by atoms with van der Waals surface area (Å²) in [6.07, 6.45) is 8.04. The van der Waals surface area contributed by atoms with Crippen LogP contribution in [0, 0.1) is 0 Å². The lowest BCUT2D eigenvalue weighted by Crippen LogP contribution is -2.41. The van der Waals surface area contributed by atoms with Gasteiger partial charge >= 0.3 is 0 Å². The number of hydrogen-bond donors (Lipinski definition) is 2. The van der Waals surface area contributed by atoms with Gasteiger partial charge in [0.15, 0.2) is 5.96 Å². The van der Waals surface area contributed by atoms with Crippen LogP contribution in [0.3, 0.4) is 0 Å². The van der Waals surface area contributed by atoms with Crippen LogP contribution in [-0.4, -0.2) is 49.6 Å². The van der Waals surface area contributed by atoms with Crippen LogP contribution in [0.4, 0.5) is 0 Å². The highest BCUT2D eigenvalue weighted by Gasteiger charge is 2.08. The molecule has 0 amide bonds. The molecule has 0 aromatic carbocycles. The minimum absolute atomic E-state index is 0.437. The summed E-state index contributed by atoms with van der Waals surface area (Å²) >= 11 is 0. The van der Waals surface area contributed by atoms with Crippen LogP contribution >= 0.6 is 0 Å². The summed E-state index contributed by atoms with van der Waals surface area (Å²) in [5.41, 5.74) is 0. The molecule has 20 heavy (non-hydrogen) atoms. The zero-order valence-electron chi connectivity index (χ0n) is 13.7. The van der Waals surface area contributed by atoms with Crippen LogP contribution in [0.2, 0.25) is 0 Å². The van der Waals surface area contributed by atoms with E-state index < -0.39 is 0 Å². The van der Waals surface area contributed by atoms with Gasteiger partial charge in [-0.2, -0.15) is 0 Å². The van der Waals surface area contributed by atoms with Crippen LogP contribution in [0.25, 0.3) is 0 Å². The van der Waals surface area contributed by atoms with Crippen molar-refractivity contribution < 1.29 is 0 Å². The number of hydrogen-bond acceptors (Lipinski definition) is 2. The highest BCUT2D eigenvalue weighted by atomic mass is 15.2. The molecule has 0 aromatic rings. The van der Waals surface area contributed by atoms with Crippen molar-refractivity contribution >= 4 is 5.96 Å². The maximum atomic E-state index is 4.62. The van der Waals surface area contributed by atoms with Crippen molar-refractivity contribution in [1.29, 1.82) is 0 Å². The Balaban J connectivity index is 2.06. The number of rotatable bonds is 8. The lowest BCUT2D eigenvalue weighted by molar-refractivity contribution is 0.224. The van der Waals surface area contributed by atoms with E-state index in [0.29, 0.717) is 6.04 Å². The highest BCUT2D eigenvalue weighted by molar-refractivity contribution is 5.79. The lowest BCUT2D eigenvalue weighted by Gasteiger charge is -2.26. The average molecular weight is 282 g/mol. The molecule has 1 fully saturated rings. The Labute approximate surface area is 125 Å². The number of aliphatic imine (C=N–C) groups is 1. The fourth-order valence-electron chi connectivity index (χ4n) is 2.59. The second-order valence-electron chi connectivity index (χ2n) is 6.02. The van der Waals surface area contributed by atoms with Crippen LogP contribution in [-0.2, 0) is 0 Å². The van der Waals surface area contributed by atoms with Crippen molar-refractivity contribution in [3.8, 4) is 0 Å². The second-order valence-corrected chi connectivity index (χ2v) is 6.02. The summed E-state index contributed by atoms with van der Waals surface area (Å²) in [6.45, 7) is 12.2. The summed E-state index contributed by atoms with van der Waals surface area (Å²) < 4.78 is 0. The van der Waals surface area contributed by atoms with E-state index in [2.05, 4.69) is 41.3 Å². The van der Waals surface area contributed by atoms with Crippen LogP contribution in [0.5, 0.6) is 0 Å². The summed E-state index contributed by atoms with van der Waals surface area (Å²) in [4.78, 5) is 7.24. The minimum atomic E-state index is 0.437. The Morgan fingerprint density at radius 2 is 1.85 bits per heavy atom. The molecule has 4 heteroatoms. The van der Waals surface area contributed by atoms with E-state index in [0.717, 1.165) is 19.0 Å². The predicted molar refractivity (Wildman–Crippen MR) is 88.4 cm³/mol.